The number of rotatable bonds is 1. The van der Waals surface area contributed by atoms with Crippen molar-refractivity contribution in [2.75, 3.05) is 23.7 Å². The molecule has 2 heterocycles. The van der Waals surface area contributed by atoms with Gasteiger partial charge in [-0.3, -0.25) is 0 Å². The van der Waals surface area contributed by atoms with Gasteiger partial charge >= 0.3 is 0 Å². The SMILES string of the molecule is CC1CN(c2ncc(Br)cc2N)CCC1O. The Morgan fingerprint density at radius 3 is 3.00 bits per heavy atom. The first kappa shape index (κ1) is 11.7. The van der Waals surface area contributed by atoms with Gasteiger partial charge in [0, 0.05) is 23.8 Å². The van der Waals surface area contributed by atoms with E-state index in [4.69, 9.17) is 5.73 Å². The highest BCUT2D eigenvalue weighted by Gasteiger charge is 2.25. The Labute approximate surface area is 104 Å². The fourth-order valence-electron chi connectivity index (χ4n) is 2.04. The lowest BCUT2D eigenvalue weighted by molar-refractivity contribution is 0.0969. The number of nitrogen functional groups attached to an aromatic ring is 1. The highest BCUT2D eigenvalue weighted by atomic mass is 79.9. The summed E-state index contributed by atoms with van der Waals surface area (Å²) in [5.74, 6) is 1.08. The van der Waals surface area contributed by atoms with Crippen LogP contribution in [-0.4, -0.2) is 29.3 Å². The fraction of sp³-hybridized carbons (Fsp3) is 0.545. The van der Waals surface area contributed by atoms with Crippen molar-refractivity contribution in [3.8, 4) is 0 Å². The van der Waals surface area contributed by atoms with Crippen LogP contribution >= 0.6 is 15.9 Å². The molecule has 2 unspecified atom stereocenters. The van der Waals surface area contributed by atoms with E-state index in [9.17, 15) is 5.11 Å². The van der Waals surface area contributed by atoms with Crippen LogP contribution in [0.15, 0.2) is 16.7 Å². The minimum Gasteiger partial charge on any atom is -0.396 e. The average molecular weight is 286 g/mol. The summed E-state index contributed by atoms with van der Waals surface area (Å²) in [5, 5.41) is 9.67. The van der Waals surface area contributed by atoms with Gasteiger partial charge in [-0.15, -0.1) is 0 Å². The molecule has 2 atom stereocenters. The van der Waals surface area contributed by atoms with Gasteiger partial charge in [-0.1, -0.05) is 6.92 Å². The number of hydrogen-bond donors (Lipinski definition) is 2. The average Bonchev–Trinajstić information content (AvgIpc) is 2.22. The molecular weight excluding hydrogens is 270 g/mol. The van der Waals surface area contributed by atoms with Crippen molar-refractivity contribution in [2.45, 2.75) is 19.4 Å². The molecule has 3 N–H and O–H groups in total. The number of aliphatic hydroxyl groups is 1. The summed E-state index contributed by atoms with van der Waals surface area (Å²) < 4.78 is 0.888. The van der Waals surface area contributed by atoms with Gasteiger partial charge in [-0.2, -0.15) is 0 Å². The first-order valence-electron chi connectivity index (χ1n) is 5.42. The molecule has 4 nitrogen and oxygen atoms in total. The monoisotopic (exact) mass is 285 g/mol. The molecule has 1 aliphatic heterocycles. The van der Waals surface area contributed by atoms with E-state index in [0.717, 1.165) is 29.8 Å². The van der Waals surface area contributed by atoms with Crippen LogP contribution in [0.3, 0.4) is 0 Å². The number of piperidine rings is 1. The second-order valence-electron chi connectivity index (χ2n) is 4.35. The van der Waals surface area contributed by atoms with Crippen molar-refractivity contribution in [3.63, 3.8) is 0 Å². The van der Waals surface area contributed by atoms with Crippen LogP contribution in [0.5, 0.6) is 0 Å². The number of aromatic nitrogens is 1. The maximum Gasteiger partial charge on any atom is 0.151 e. The summed E-state index contributed by atoms with van der Waals surface area (Å²) in [4.78, 5) is 6.47. The van der Waals surface area contributed by atoms with Crippen molar-refractivity contribution >= 4 is 27.4 Å². The number of nitrogens with two attached hydrogens (primary N) is 1. The van der Waals surface area contributed by atoms with Crippen LogP contribution in [0, 0.1) is 5.92 Å². The van der Waals surface area contributed by atoms with E-state index in [2.05, 4.69) is 25.8 Å². The van der Waals surface area contributed by atoms with E-state index in [1.165, 1.54) is 0 Å². The van der Waals surface area contributed by atoms with Crippen molar-refractivity contribution < 1.29 is 5.11 Å². The van der Waals surface area contributed by atoms with Gasteiger partial charge < -0.3 is 15.7 Å². The number of anilines is 2. The van der Waals surface area contributed by atoms with Crippen LogP contribution in [0.4, 0.5) is 11.5 Å². The Bertz CT molecular complexity index is 385. The van der Waals surface area contributed by atoms with Crippen molar-refractivity contribution in [3.05, 3.63) is 16.7 Å². The molecule has 1 fully saturated rings. The third-order valence-corrected chi connectivity index (χ3v) is 3.45. The quantitative estimate of drug-likeness (QED) is 0.823. The molecule has 1 aromatic heterocycles. The van der Waals surface area contributed by atoms with E-state index >= 15 is 0 Å². The molecule has 5 heteroatoms. The molecule has 0 bridgehead atoms. The minimum absolute atomic E-state index is 0.201. The molecule has 0 aliphatic carbocycles. The van der Waals surface area contributed by atoms with E-state index in [-0.39, 0.29) is 12.0 Å². The van der Waals surface area contributed by atoms with Gasteiger partial charge in [-0.25, -0.2) is 4.98 Å². The van der Waals surface area contributed by atoms with E-state index < -0.39 is 0 Å². The zero-order valence-corrected chi connectivity index (χ0v) is 10.8. The van der Waals surface area contributed by atoms with E-state index in [1.54, 1.807) is 6.20 Å². The summed E-state index contributed by atoms with van der Waals surface area (Å²) >= 11 is 3.34. The van der Waals surface area contributed by atoms with Crippen molar-refractivity contribution in [1.82, 2.24) is 4.98 Å². The minimum atomic E-state index is -0.201. The second-order valence-corrected chi connectivity index (χ2v) is 5.26. The summed E-state index contributed by atoms with van der Waals surface area (Å²) in [6.07, 6.45) is 2.33. The number of aliphatic hydroxyl groups excluding tert-OH is 1. The van der Waals surface area contributed by atoms with E-state index in [0.29, 0.717) is 5.69 Å². The lowest BCUT2D eigenvalue weighted by Crippen LogP contribution is -2.42. The number of hydrogen-bond acceptors (Lipinski definition) is 4. The predicted octanol–water partition coefficient (Wildman–Crippen LogP) is 1.63. The highest BCUT2D eigenvalue weighted by molar-refractivity contribution is 9.10. The maximum atomic E-state index is 9.67. The molecule has 16 heavy (non-hydrogen) atoms. The molecule has 0 spiro atoms. The largest absolute Gasteiger partial charge is 0.396 e. The molecule has 1 saturated heterocycles. The van der Waals surface area contributed by atoms with Crippen LogP contribution in [0.25, 0.3) is 0 Å². The van der Waals surface area contributed by atoms with Gasteiger partial charge in [0.1, 0.15) is 0 Å². The van der Waals surface area contributed by atoms with E-state index in [1.807, 2.05) is 13.0 Å². The summed E-state index contributed by atoms with van der Waals surface area (Å²) in [6, 6.07) is 1.86. The van der Waals surface area contributed by atoms with Gasteiger partial charge in [-0.05, 0) is 34.3 Å². The lowest BCUT2D eigenvalue weighted by atomic mass is 9.97. The Hall–Kier alpha value is -0.810. The molecular formula is C11H16BrN3O. The Morgan fingerprint density at radius 1 is 1.62 bits per heavy atom. The van der Waals surface area contributed by atoms with Gasteiger partial charge in [0.15, 0.2) is 5.82 Å². The normalized spacial score (nSPS) is 25.8. The molecule has 0 radical (unpaired) electrons. The molecule has 1 aliphatic rings. The fourth-order valence-corrected chi connectivity index (χ4v) is 2.39. The zero-order valence-electron chi connectivity index (χ0n) is 9.23. The summed E-state index contributed by atoms with van der Waals surface area (Å²) in [5.41, 5.74) is 6.61. The molecule has 0 aromatic carbocycles. The maximum absolute atomic E-state index is 9.67. The van der Waals surface area contributed by atoms with Crippen molar-refractivity contribution in [2.24, 2.45) is 5.92 Å². The number of nitrogens with zero attached hydrogens (tertiary/aromatic N) is 2. The first-order valence-corrected chi connectivity index (χ1v) is 6.21. The smallest absolute Gasteiger partial charge is 0.151 e. The first-order chi connectivity index (χ1) is 7.58. The predicted molar refractivity (Wildman–Crippen MR) is 68.4 cm³/mol. The summed E-state index contributed by atoms with van der Waals surface area (Å²) in [7, 11) is 0. The third-order valence-electron chi connectivity index (χ3n) is 3.02. The molecule has 88 valence electrons. The Kier molecular flexibility index (Phi) is 3.35. The molecule has 0 saturated carbocycles. The van der Waals surface area contributed by atoms with Gasteiger partial charge in [0.05, 0.1) is 11.8 Å². The van der Waals surface area contributed by atoms with Crippen molar-refractivity contribution in [1.29, 1.82) is 0 Å². The number of halogens is 1. The van der Waals surface area contributed by atoms with Crippen LogP contribution in [-0.2, 0) is 0 Å². The second kappa shape index (κ2) is 4.59. The van der Waals surface area contributed by atoms with Crippen LogP contribution < -0.4 is 10.6 Å². The summed E-state index contributed by atoms with van der Waals surface area (Å²) in [6.45, 7) is 3.66. The highest BCUT2D eigenvalue weighted by Crippen LogP contribution is 2.27. The Balaban J connectivity index is 2.18. The van der Waals surface area contributed by atoms with Crippen LogP contribution in [0.2, 0.25) is 0 Å². The van der Waals surface area contributed by atoms with Gasteiger partial charge in [0.2, 0.25) is 0 Å². The molecule has 2 rings (SSSR count). The van der Waals surface area contributed by atoms with Gasteiger partial charge in [0.25, 0.3) is 0 Å². The standard InChI is InChI=1S/C11H16BrN3O/c1-7-6-15(3-2-10(7)16)11-9(13)4-8(12)5-14-11/h4-5,7,10,16H,2-3,6,13H2,1H3. The third kappa shape index (κ3) is 2.30. The Morgan fingerprint density at radius 2 is 2.38 bits per heavy atom. The molecule has 1 aromatic rings. The lowest BCUT2D eigenvalue weighted by Gasteiger charge is -2.35. The molecule has 0 amide bonds. The number of pyridine rings is 1. The zero-order chi connectivity index (χ0) is 11.7. The topological polar surface area (TPSA) is 62.4 Å². The van der Waals surface area contributed by atoms with Crippen LogP contribution in [0.1, 0.15) is 13.3 Å².